The number of carbonyl (C=O) groups is 2. The Labute approximate surface area is 236 Å². The van der Waals surface area contributed by atoms with Crippen LogP contribution in [0.15, 0.2) is 60.7 Å². The van der Waals surface area contributed by atoms with E-state index in [9.17, 15) is 14.7 Å². The molecule has 1 aliphatic carbocycles. The summed E-state index contributed by atoms with van der Waals surface area (Å²) in [5, 5.41) is 17.7. The third-order valence-corrected chi connectivity index (χ3v) is 7.97. The van der Waals surface area contributed by atoms with Gasteiger partial charge in [0.15, 0.2) is 0 Å². The van der Waals surface area contributed by atoms with Gasteiger partial charge in [0, 0.05) is 42.2 Å². The van der Waals surface area contributed by atoms with Crippen LogP contribution in [-0.4, -0.2) is 72.3 Å². The highest BCUT2D eigenvalue weighted by atomic mass is 16.5. The first-order valence-corrected chi connectivity index (χ1v) is 14.2. The summed E-state index contributed by atoms with van der Waals surface area (Å²) in [4.78, 5) is 30.5. The number of rotatable bonds is 8. The summed E-state index contributed by atoms with van der Waals surface area (Å²) in [5.41, 5.74) is 2.01. The average Bonchev–Trinajstić information content (AvgIpc) is 3.75. The van der Waals surface area contributed by atoms with E-state index in [1.165, 1.54) is 12.8 Å². The second kappa shape index (κ2) is 12.3. The van der Waals surface area contributed by atoms with Crippen LogP contribution in [0.3, 0.4) is 0 Å². The van der Waals surface area contributed by atoms with Gasteiger partial charge in [-0.25, -0.2) is 4.79 Å². The smallest absolute Gasteiger partial charge is 0.323 e. The highest BCUT2D eigenvalue weighted by Gasteiger charge is 2.32. The third-order valence-electron chi connectivity index (χ3n) is 7.97. The Hall–Kier alpha value is -3.62. The van der Waals surface area contributed by atoms with Gasteiger partial charge in [0.25, 0.3) is 0 Å². The van der Waals surface area contributed by atoms with Crippen molar-refractivity contribution in [2.24, 2.45) is 11.8 Å². The molecule has 40 heavy (non-hydrogen) atoms. The minimum atomic E-state index is -0.365. The molecular weight excluding hydrogens is 504 g/mol. The van der Waals surface area contributed by atoms with E-state index in [4.69, 9.17) is 4.74 Å². The van der Waals surface area contributed by atoms with Gasteiger partial charge in [-0.3, -0.25) is 4.79 Å². The maximum absolute atomic E-state index is 13.5. The normalized spacial score (nSPS) is 20.2. The molecule has 0 radical (unpaired) electrons. The van der Waals surface area contributed by atoms with Crippen LogP contribution in [0.25, 0.3) is 10.8 Å². The monoisotopic (exact) mass is 544 g/mol. The predicted molar refractivity (Wildman–Crippen MR) is 159 cm³/mol. The lowest BCUT2D eigenvalue weighted by atomic mass is 10.0. The number of ether oxygens (including phenoxy) is 1. The molecule has 3 aromatic rings. The molecule has 2 aliphatic rings. The van der Waals surface area contributed by atoms with Crippen LogP contribution in [0, 0.1) is 11.8 Å². The molecule has 3 atom stereocenters. The molecule has 8 heteroatoms. The van der Waals surface area contributed by atoms with E-state index in [1.54, 1.807) is 4.90 Å². The fourth-order valence-corrected chi connectivity index (χ4v) is 5.47. The number of likely N-dealkylation sites (N-methyl/N-ethyl adjacent to an activating group) is 1. The number of hydrogen-bond donors (Lipinski definition) is 3. The lowest BCUT2D eigenvalue weighted by Crippen LogP contribution is -2.47. The number of anilines is 2. The van der Waals surface area contributed by atoms with Gasteiger partial charge in [-0.15, -0.1) is 0 Å². The number of aliphatic hydroxyl groups excluding tert-OH is 1. The van der Waals surface area contributed by atoms with Crippen molar-refractivity contribution < 1.29 is 19.4 Å². The fourth-order valence-electron chi connectivity index (χ4n) is 5.47. The second-order valence-corrected chi connectivity index (χ2v) is 11.5. The van der Waals surface area contributed by atoms with E-state index in [-0.39, 0.29) is 43.0 Å². The Balaban J connectivity index is 1.37. The summed E-state index contributed by atoms with van der Waals surface area (Å²) in [5.74, 6) is 1.42. The summed E-state index contributed by atoms with van der Waals surface area (Å²) in [6.07, 6.45) is 2.57. The van der Waals surface area contributed by atoms with Crippen LogP contribution < -0.4 is 15.4 Å². The number of aliphatic hydroxyl groups is 1. The number of amides is 3. The van der Waals surface area contributed by atoms with E-state index >= 15 is 0 Å². The number of carbonyl (C=O) groups excluding carboxylic acids is 2. The number of fused-ring (bicyclic) bond motifs is 2. The van der Waals surface area contributed by atoms with Gasteiger partial charge < -0.3 is 30.3 Å². The molecule has 212 valence electrons. The van der Waals surface area contributed by atoms with E-state index < -0.39 is 0 Å². The molecule has 3 aromatic carbocycles. The molecule has 0 spiro atoms. The molecule has 0 bridgehead atoms. The number of benzene rings is 3. The van der Waals surface area contributed by atoms with Crippen molar-refractivity contribution in [3.05, 3.63) is 66.2 Å². The van der Waals surface area contributed by atoms with Crippen molar-refractivity contribution >= 4 is 34.1 Å². The first-order chi connectivity index (χ1) is 19.3. The van der Waals surface area contributed by atoms with Crippen molar-refractivity contribution in [1.29, 1.82) is 0 Å². The molecule has 3 N–H and O–H groups in total. The van der Waals surface area contributed by atoms with Crippen molar-refractivity contribution in [1.82, 2.24) is 9.80 Å². The summed E-state index contributed by atoms with van der Waals surface area (Å²) >= 11 is 0. The zero-order valence-corrected chi connectivity index (χ0v) is 23.6. The predicted octanol–water partition coefficient (Wildman–Crippen LogP) is 4.97. The number of hydrogen-bond acceptors (Lipinski definition) is 5. The van der Waals surface area contributed by atoms with Crippen LogP contribution >= 0.6 is 0 Å². The Kier molecular flexibility index (Phi) is 8.57. The SMILES string of the molecule is C[C@@H]1CN([C@@H](C)CO)C(=O)Cc2cc(NC(=O)Nc3cccc4ccccc34)ccc2O[C@@H]1CN(C)CC1CC1. The van der Waals surface area contributed by atoms with Crippen LogP contribution in [0.4, 0.5) is 16.2 Å². The van der Waals surface area contributed by atoms with Gasteiger partial charge in [0.05, 0.1) is 24.8 Å². The molecule has 1 saturated carbocycles. The van der Waals surface area contributed by atoms with Gasteiger partial charge in [-0.1, -0.05) is 43.3 Å². The molecule has 0 unspecified atom stereocenters. The van der Waals surface area contributed by atoms with Gasteiger partial charge in [-0.05, 0) is 62.4 Å². The van der Waals surface area contributed by atoms with E-state index in [0.29, 0.717) is 23.5 Å². The molecule has 1 fully saturated rings. The quantitative estimate of drug-likeness (QED) is 0.372. The lowest BCUT2D eigenvalue weighted by Gasteiger charge is -2.34. The standard InChI is InChI=1S/C32H40N4O4/c1-21-17-36(22(2)20-37)31(38)16-25-15-26(13-14-29(25)40-30(21)19-35(3)18-23-11-12-23)33-32(39)34-28-10-6-8-24-7-4-5-9-27(24)28/h4-10,13-15,21-23,30,37H,11-12,16-20H2,1-3H3,(H2,33,34,39)/t21-,22+,30-/m1/s1. The third kappa shape index (κ3) is 6.74. The number of nitrogens with zero attached hydrogens (tertiary/aromatic N) is 2. The van der Waals surface area contributed by atoms with Gasteiger partial charge in [-0.2, -0.15) is 0 Å². The van der Waals surface area contributed by atoms with Gasteiger partial charge >= 0.3 is 6.03 Å². The zero-order chi connectivity index (χ0) is 28.2. The first-order valence-electron chi connectivity index (χ1n) is 14.2. The molecule has 5 rings (SSSR count). The van der Waals surface area contributed by atoms with Crippen molar-refractivity contribution in [3.8, 4) is 5.75 Å². The van der Waals surface area contributed by atoms with Crippen LogP contribution in [0.5, 0.6) is 5.75 Å². The zero-order valence-electron chi connectivity index (χ0n) is 23.6. The molecule has 0 saturated heterocycles. The Bertz CT molecular complexity index is 1350. The van der Waals surface area contributed by atoms with Crippen LogP contribution in [0.2, 0.25) is 0 Å². The summed E-state index contributed by atoms with van der Waals surface area (Å²) < 4.78 is 6.60. The maximum Gasteiger partial charge on any atom is 0.323 e. The lowest BCUT2D eigenvalue weighted by molar-refractivity contribution is -0.134. The molecule has 0 aromatic heterocycles. The largest absolute Gasteiger partial charge is 0.488 e. The van der Waals surface area contributed by atoms with Gasteiger partial charge in [0.1, 0.15) is 11.9 Å². The van der Waals surface area contributed by atoms with Crippen molar-refractivity contribution in [3.63, 3.8) is 0 Å². The average molecular weight is 545 g/mol. The second-order valence-electron chi connectivity index (χ2n) is 11.5. The summed E-state index contributed by atoms with van der Waals surface area (Å²) in [6.45, 7) is 6.18. The highest BCUT2D eigenvalue weighted by Crippen LogP contribution is 2.32. The Morgan fingerprint density at radius 3 is 2.65 bits per heavy atom. The van der Waals surface area contributed by atoms with Crippen molar-refractivity contribution in [2.45, 2.75) is 45.3 Å². The van der Waals surface area contributed by atoms with Crippen LogP contribution in [-0.2, 0) is 11.2 Å². The molecular formula is C32H40N4O4. The summed E-state index contributed by atoms with van der Waals surface area (Å²) in [7, 11) is 2.13. The molecule has 8 nitrogen and oxygen atoms in total. The minimum Gasteiger partial charge on any atom is -0.488 e. The van der Waals surface area contributed by atoms with Crippen molar-refractivity contribution in [2.75, 3.05) is 43.9 Å². The topological polar surface area (TPSA) is 94.1 Å². The van der Waals surface area contributed by atoms with E-state index in [2.05, 4.69) is 29.5 Å². The molecule has 3 amide bonds. The number of urea groups is 1. The molecule has 1 aliphatic heterocycles. The minimum absolute atomic E-state index is 0.0647. The first kappa shape index (κ1) is 27.9. The number of nitrogens with one attached hydrogen (secondary N) is 2. The maximum atomic E-state index is 13.5. The van der Waals surface area contributed by atoms with Gasteiger partial charge in [0.2, 0.25) is 5.91 Å². The fraction of sp³-hybridized carbons (Fsp3) is 0.438. The summed E-state index contributed by atoms with van der Waals surface area (Å²) in [6, 6.07) is 18.5. The Morgan fingerprint density at radius 1 is 1.10 bits per heavy atom. The highest BCUT2D eigenvalue weighted by molar-refractivity contribution is 6.06. The van der Waals surface area contributed by atoms with E-state index in [1.807, 2.05) is 67.6 Å². The van der Waals surface area contributed by atoms with Crippen LogP contribution in [0.1, 0.15) is 32.3 Å². The van der Waals surface area contributed by atoms with E-state index in [0.717, 1.165) is 35.5 Å². The Morgan fingerprint density at radius 2 is 1.88 bits per heavy atom. The molecule has 1 heterocycles.